The number of carbonyl (C=O) groups excluding carboxylic acids is 2. The predicted molar refractivity (Wildman–Crippen MR) is 116 cm³/mol. The zero-order valence-electron chi connectivity index (χ0n) is 18.8. The summed E-state index contributed by atoms with van der Waals surface area (Å²) in [5, 5.41) is 0. The molecule has 0 N–H and O–H groups in total. The molecular weight excluding hydrogens is 352 g/mol. The van der Waals surface area contributed by atoms with Crippen molar-refractivity contribution in [3.63, 3.8) is 0 Å². The largest absolute Gasteiger partial charge is 0.463 e. The molecule has 0 spiro atoms. The van der Waals surface area contributed by atoms with E-state index in [9.17, 15) is 9.59 Å². The Morgan fingerprint density at radius 2 is 1.11 bits per heavy atom. The van der Waals surface area contributed by atoms with Gasteiger partial charge in [-0.1, -0.05) is 97.8 Å². The topological polar surface area (TPSA) is 52.6 Å². The Bertz CT molecular complexity index is 415. The molecule has 4 nitrogen and oxygen atoms in total. The minimum absolute atomic E-state index is 0.168. The number of esters is 2. The van der Waals surface area contributed by atoms with Crippen LogP contribution in [0.25, 0.3) is 0 Å². The SMILES string of the molecule is CCCCCCCCCCCCCCCOC(=O)/C=C/C(=O)OC(C)C(C)C. The number of rotatable bonds is 18. The van der Waals surface area contributed by atoms with Gasteiger partial charge in [0.05, 0.1) is 6.61 Å². The van der Waals surface area contributed by atoms with Crippen LogP contribution in [0.2, 0.25) is 0 Å². The fourth-order valence-electron chi connectivity index (χ4n) is 2.84. The van der Waals surface area contributed by atoms with Crippen LogP contribution in [-0.2, 0) is 19.1 Å². The molecule has 0 aliphatic heterocycles. The minimum Gasteiger partial charge on any atom is -0.463 e. The second-order valence-electron chi connectivity index (χ2n) is 8.13. The van der Waals surface area contributed by atoms with Crippen molar-refractivity contribution in [2.24, 2.45) is 5.92 Å². The molecule has 0 heterocycles. The molecule has 0 radical (unpaired) electrons. The zero-order valence-corrected chi connectivity index (χ0v) is 18.8. The van der Waals surface area contributed by atoms with Crippen molar-refractivity contribution in [3.05, 3.63) is 12.2 Å². The molecule has 0 aromatic carbocycles. The molecule has 4 heteroatoms. The maximum Gasteiger partial charge on any atom is 0.331 e. The van der Waals surface area contributed by atoms with E-state index >= 15 is 0 Å². The molecule has 0 saturated heterocycles. The van der Waals surface area contributed by atoms with Crippen LogP contribution >= 0.6 is 0 Å². The van der Waals surface area contributed by atoms with Crippen LogP contribution in [0, 0.1) is 5.92 Å². The fraction of sp³-hybridized carbons (Fsp3) is 0.833. The average molecular weight is 397 g/mol. The molecule has 0 saturated carbocycles. The van der Waals surface area contributed by atoms with Gasteiger partial charge < -0.3 is 9.47 Å². The third-order valence-corrected chi connectivity index (χ3v) is 5.09. The van der Waals surface area contributed by atoms with Crippen LogP contribution in [0.5, 0.6) is 0 Å². The van der Waals surface area contributed by atoms with E-state index in [2.05, 4.69) is 6.92 Å². The van der Waals surface area contributed by atoms with E-state index in [1.165, 1.54) is 70.6 Å². The smallest absolute Gasteiger partial charge is 0.331 e. The van der Waals surface area contributed by atoms with E-state index in [1.54, 1.807) is 0 Å². The Hall–Kier alpha value is -1.32. The van der Waals surface area contributed by atoms with Gasteiger partial charge in [-0.25, -0.2) is 9.59 Å². The Morgan fingerprint density at radius 1 is 0.679 bits per heavy atom. The van der Waals surface area contributed by atoms with Gasteiger partial charge >= 0.3 is 11.9 Å². The molecule has 0 aliphatic rings. The molecule has 0 aliphatic carbocycles. The number of ether oxygens (including phenoxy) is 2. The minimum atomic E-state index is -0.501. The fourth-order valence-corrected chi connectivity index (χ4v) is 2.84. The van der Waals surface area contributed by atoms with Crippen LogP contribution < -0.4 is 0 Å². The Labute approximate surface area is 173 Å². The van der Waals surface area contributed by atoms with Crippen LogP contribution in [0.1, 0.15) is 111 Å². The van der Waals surface area contributed by atoms with Gasteiger partial charge in [0.2, 0.25) is 0 Å². The highest BCUT2D eigenvalue weighted by atomic mass is 16.5. The molecule has 1 unspecified atom stereocenters. The maximum atomic E-state index is 11.6. The van der Waals surface area contributed by atoms with Crippen molar-refractivity contribution in [1.29, 1.82) is 0 Å². The number of carbonyl (C=O) groups is 2. The molecule has 0 rings (SSSR count). The molecule has 164 valence electrons. The van der Waals surface area contributed by atoms with E-state index in [1.807, 2.05) is 20.8 Å². The third-order valence-electron chi connectivity index (χ3n) is 5.09. The lowest BCUT2D eigenvalue weighted by Gasteiger charge is -2.14. The van der Waals surface area contributed by atoms with E-state index < -0.39 is 11.9 Å². The van der Waals surface area contributed by atoms with Crippen LogP contribution in [0.15, 0.2) is 12.2 Å². The molecule has 0 aromatic rings. The summed E-state index contributed by atoms with van der Waals surface area (Å²) in [5.41, 5.74) is 0. The summed E-state index contributed by atoms with van der Waals surface area (Å²) in [5.74, 6) is -0.730. The lowest BCUT2D eigenvalue weighted by atomic mass is 10.0. The van der Waals surface area contributed by atoms with Gasteiger partial charge in [0.1, 0.15) is 6.10 Å². The van der Waals surface area contributed by atoms with E-state index in [-0.39, 0.29) is 12.0 Å². The number of unbranched alkanes of at least 4 members (excludes halogenated alkanes) is 12. The first-order chi connectivity index (χ1) is 13.5. The third kappa shape index (κ3) is 18.1. The first-order valence-corrected chi connectivity index (χ1v) is 11.5. The Balaban J connectivity index is 3.43. The van der Waals surface area contributed by atoms with Crippen molar-refractivity contribution < 1.29 is 19.1 Å². The molecule has 0 amide bonds. The molecule has 0 aromatic heterocycles. The quantitative estimate of drug-likeness (QED) is 0.146. The van der Waals surface area contributed by atoms with Crippen molar-refractivity contribution in [2.45, 2.75) is 117 Å². The molecule has 0 bridgehead atoms. The van der Waals surface area contributed by atoms with Gasteiger partial charge in [0, 0.05) is 12.2 Å². The predicted octanol–water partition coefficient (Wildman–Crippen LogP) is 6.76. The maximum absolute atomic E-state index is 11.6. The summed E-state index contributed by atoms with van der Waals surface area (Å²) in [6.45, 7) is 8.47. The van der Waals surface area contributed by atoms with E-state index in [4.69, 9.17) is 9.47 Å². The highest BCUT2D eigenvalue weighted by Crippen LogP contribution is 2.12. The van der Waals surface area contributed by atoms with Crippen molar-refractivity contribution in [2.75, 3.05) is 6.61 Å². The molecular formula is C24H44O4. The summed E-state index contributed by atoms with van der Waals surface area (Å²) in [6.07, 6.45) is 18.9. The highest BCUT2D eigenvalue weighted by molar-refractivity contribution is 5.91. The summed E-state index contributed by atoms with van der Waals surface area (Å²) in [4.78, 5) is 23.1. The van der Waals surface area contributed by atoms with Crippen LogP contribution in [0.3, 0.4) is 0 Å². The summed E-state index contributed by atoms with van der Waals surface area (Å²) in [7, 11) is 0. The van der Waals surface area contributed by atoms with E-state index in [0.717, 1.165) is 25.0 Å². The standard InChI is InChI=1S/C24H44O4/c1-5-6-7-8-9-10-11-12-13-14-15-16-17-20-27-23(25)18-19-24(26)28-22(4)21(2)3/h18-19,21-22H,5-17,20H2,1-4H3/b19-18+. The van der Waals surface area contributed by atoms with Gasteiger partial charge in [0.25, 0.3) is 0 Å². The highest BCUT2D eigenvalue weighted by Gasteiger charge is 2.11. The number of hydrogen-bond acceptors (Lipinski definition) is 4. The van der Waals surface area contributed by atoms with Crippen molar-refractivity contribution >= 4 is 11.9 Å². The Morgan fingerprint density at radius 3 is 1.57 bits per heavy atom. The van der Waals surface area contributed by atoms with Gasteiger partial charge in [0.15, 0.2) is 0 Å². The van der Waals surface area contributed by atoms with Gasteiger partial charge in [-0.3, -0.25) is 0 Å². The van der Waals surface area contributed by atoms with Crippen molar-refractivity contribution in [1.82, 2.24) is 0 Å². The van der Waals surface area contributed by atoms with Gasteiger partial charge in [-0.15, -0.1) is 0 Å². The van der Waals surface area contributed by atoms with Gasteiger partial charge in [-0.2, -0.15) is 0 Å². The molecule has 1 atom stereocenters. The average Bonchev–Trinajstić information content (AvgIpc) is 2.66. The second kappa shape index (κ2) is 19.0. The Kier molecular flexibility index (Phi) is 18.1. The zero-order chi connectivity index (χ0) is 21.0. The number of hydrogen-bond donors (Lipinski definition) is 0. The van der Waals surface area contributed by atoms with Gasteiger partial charge in [-0.05, 0) is 19.3 Å². The normalized spacial score (nSPS) is 12.5. The summed E-state index contributed by atoms with van der Waals surface area (Å²) >= 11 is 0. The van der Waals surface area contributed by atoms with Crippen LogP contribution in [0.4, 0.5) is 0 Å². The summed E-state index contributed by atoms with van der Waals surface area (Å²) in [6, 6.07) is 0. The first-order valence-electron chi connectivity index (χ1n) is 11.5. The lowest BCUT2D eigenvalue weighted by Crippen LogP contribution is -2.19. The lowest BCUT2D eigenvalue weighted by molar-refractivity contribution is -0.145. The first kappa shape index (κ1) is 26.7. The monoisotopic (exact) mass is 396 g/mol. The summed E-state index contributed by atoms with van der Waals surface area (Å²) < 4.78 is 10.3. The van der Waals surface area contributed by atoms with Crippen molar-refractivity contribution in [3.8, 4) is 0 Å². The van der Waals surface area contributed by atoms with E-state index in [0.29, 0.717) is 6.61 Å². The molecule has 28 heavy (non-hydrogen) atoms. The second-order valence-corrected chi connectivity index (χ2v) is 8.13. The van der Waals surface area contributed by atoms with Crippen LogP contribution in [-0.4, -0.2) is 24.6 Å². The molecule has 0 fully saturated rings.